The van der Waals surface area contributed by atoms with E-state index in [4.69, 9.17) is 11.6 Å². The average Bonchev–Trinajstić information content (AvgIpc) is 2.60. The summed E-state index contributed by atoms with van der Waals surface area (Å²) in [6.45, 7) is -0.572. The zero-order chi connectivity index (χ0) is 15.1. The Labute approximate surface area is 128 Å². The van der Waals surface area contributed by atoms with Gasteiger partial charge in [0.2, 0.25) is 0 Å². The van der Waals surface area contributed by atoms with Crippen molar-refractivity contribution in [3.8, 4) is 0 Å². The fourth-order valence-electron chi connectivity index (χ4n) is 2.06. The second-order valence-corrected chi connectivity index (χ2v) is 7.45. The minimum atomic E-state index is -3.67. The monoisotopic (exact) mass is 389 g/mol. The van der Waals surface area contributed by atoms with Crippen LogP contribution >= 0.6 is 27.5 Å². The van der Waals surface area contributed by atoms with Crippen LogP contribution in [-0.4, -0.2) is 49.4 Å². The second-order valence-electron chi connectivity index (χ2n) is 4.34. The molecule has 20 heavy (non-hydrogen) atoms. The number of nitrogens with one attached hydrogen (secondary N) is 1. The van der Waals surface area contributed by atoms with E-state index in [0.29, 0.717) is 5.57 Å². The van der Waals surface area contributed by atoms with Gasteiger partial charge >= 0.3 is 0 Å². The Morgan fingerprint density at radius 3 is 2.80 bits per heavy atom. The SMILES string of the molecule is CS(=O)(=O)N=C1NN(CC(F)F)C2C1=C(Cl)C=CC2Br. The van der Waals surface area contributed by atoms with Crippen molar-refractivity contribution >= 4 is 43.4 Å². The topological polar surface area (TPSA) is 61.8 Å². The van der Waals surface area contributed by atoms with Crippen molar-refractivity contribution in [2.45, 2.75) is 17.3 Å². The molecule has 10 heteroatoms. The average molecular weight is 391 g/mol. The molecule has 0 aromatic heterocycles. The fourth-order valence-corrected chi connectivity index (χ4v) is 3.51. The van der Waals surface area contributed by atoms with E-state index < -0.39 is 29.0 Å². The van der Waals surface area contributed by atoms with Gasteiger partial charge in [0.05, 0.1) is 23.7 Å². The van der Waals surface area contributed by atoms with Crippen molar-refractivity contribution in [3.63, 3.8) is 0 Å². The van der Waals surface area contributed by atoms with E-state index in [-0.39, 0.29) is 15.7 Å². The maximum atomic E-state index is 12.6. The summed E-state index contributed by atoms with van der Waals surface area (Å²) >= 11 is 9.40. The van der Waals surface area contributed by atoms with E-state index in [1.54, 1.807) is 12.2 Å². The summed E-state index contributed by atoms with van der Waals surface area (Å²) in [6.07, 6.45) is 1.63. The van der Waals surface area contributed by atoms with Crippen molar-refractivity contribution in [3.05, 3.63) is 22.8 Å². The van der Waals surface area contributed by atoms with Gasteiger partial charge in [-0.15, -0.1) is 4.40 Å². The normalized spacial score (nSPS) is 29.2. The summed E-state index contributed by atoms with van der Waals surface area (Å²) in [5.41, 5.74) is 2.98. The number of hydrogen-bond acceptors (Lipinski definition) is 3. The third-order valence-corrected chi connectivity index (χ3v) is 4.36. The summed E-state index contributed by atoms with van der Waals surface area (Å²) in [6, 6.07) is -0.540. The Balaban J connectivity index is 2.47. The van der Waals surface area contributed by atoms with Gasteiger partial charge in [0.15, 0.2) is 5.84 Å². The molecule has 2 unspecified atom stereocenters. The van der Waals surface area contributed by atoms with Gasteiger partial charge in [-0.3, -0.25) is 0 Å². The van der Waals surface area contributed by atoms with Crippen molar-refractivity contribution in [2.75, 3.05) is 12.8 Å². The lowest BCUT2D eigenvalue weighted by molar-refractivity contribution is 0.0686. The van der Waals surface area contributed by atoms with Crippen molar-refractivity contribution in [1.82, 2.24) is 10.4 Å². The molecule has 0 aromatic carbocycles. The molecule has 0 bridgehead atoms. The fraction of sp³-hybridized carbons (Fsp3) is 0.500. The molecule has 2 rings (SSSR count). The third kappa shape index (κ3) is 3.38. The molecule has 112 valence electrons. The van der Waals surface area contributed by atoms with Crippen molar-refractivity contribution in [1.29, 1.82) is 0 Å². The van der Waals surface area contributed by atoms with Crippen LogP contribution in [-0.2, 0) is 10.0 Å². The molecule has 0 amide bonds. The van der Waals surface area contributed by atoms with E-state index in [9.17, 15) is 17.2 Å². The maximum absolute atomic E-state index is 12.6. The van der Waals surface area contributed by atoms with Crippen LogP contribution in [0.3, 0.4) is 0 Å². The van der Waals surface area contributed by atoms with Gasteiger partial charge in [0, 0.05) is 10.6 Å². The van der Waals surface area contributed by atoms with E-state index >= 15 is 0 Å². The summed E-state index contributed by atoms with van der Waals surface area (Å²) in [5, 5.41) is 1.51. The Morgan fingerprint density at radius 1 is 1.60 bits per heavy atom. The zero-order valence-corrected chi connectivity index (χ0v) is 13.4. The second kappa shape index (κ2) is 5.70. The molecule has 1 aliphatic heterocycles. The number of fused-ring (bicyclic) bond motifs is 1. The lowest BCUT2D eigenvalue weighted by Gasteiger charge is -2.27. The van der Waals surface area contributed by atoms with Gasteiger partial charge in [-0.2, -0.15) is 0 Å². The van der Waals surface area contributed by atoms with E-state index in [1.807, 2.05) is 0 Å². The van der Waals surface area contributed by atoms with Crippen LogP contribution in [0, 0.1) is 0 Å². The van der Waals surface area contributed by atoms with Gasteiger partial charge in [0.25, 0.3) is 16.4 Å². The molecule has 0 spiro atoms. The predicted octanol–water partition coefficient (Wildman–Crippen LogP) is 1.62. The Bertz CT molecular complexity index is 606. The molecule has 1 fully saturated rings. The minimum absolute atomic E-state index is 0.0167. The molecule has 2 aliphatic rings. The Morgan fingerprint density at radius 2 is 2.25 bits per heavy atom. The lowest BCUT2D eigenvalue weighted by Crippen LogP contribution is -2.45. The molecule has 0 radical (unpaired) electrons. The number of nitrogens with zero attached hydrogens (tertiary/aromatic N) is 2. The van der Waals surface area contributed by atoms with E-state index in [2.05, 4.69) is 25.8 Å². The number of amidine groups is 1. The molecule has 0 aromatic rings. The molecule has 1 N–H and O–H groups in total. The Hall–Kier alpha value is -0.510. The summed E-state index contributed by atoms with van der Waals surface area (Å²) in [7, 11) is -3.67. The van der Waals surface area contributed by atoms with Gasteiger partial charge in [-0.25, -0.2) is 22.2 Å². The number of hydrazine groups is 1. The highest BCUT2D eigenvalue weighted by molar-refractivity contribution is 9.09. The molecule has 1 aliphatic carbocycles. The van der Waals surface area contributed by atoms with Gasteiger partial charge < -0.3 is 5.43 Å². The predicted molar refractivity (Wildman–Crippen MR) is 76.6 cm³/mol. The maximum Gasteiger partial charge on any atom is 0.252 e. The van der Waals surface area contributed by atoms with E-state index in [0.717, 1.165) is 6.26 Å². The number of alkyl halides is 3. The zero-order valence-electron chi connectivity index (χ0n) is 10.2. The van der Waals surface area contributed by atoms with Crippen LogP contribution < -0.4 is 5.43 Å². The van der Waals surface area contributed by atoms with Crippen molar-refractivity contribution in [2.24, 2.45) is 4.40 Å². The summed E-state index contributed by atoms with van der Waals surface area (Å²) in [5.74, 6) is -0.0167. The molecule has 2 atom stereocenters. The minimum Gasteiger partial charge on any atom is -0.301 e. The third-order valence-electron chi connectivity index (χ3n) is 2.71. The van der Waals surface area contributed by atoms with Gasteiger partial charge in [-0.05, 0) is 6.08 Å². The van der Waals surface area contributed by atoms with Gasteiger partial charge in [0.1, 0.15) is 0 Å². The first-order chi connectivity index (χ1) is 9.19. The number of halogens is 4. The first-order valence-corrected chi connectivity index (χ1v) is 8.67. The largest absolute Gasteiger partial charge is 0.301 e. The number of rotatable bonds is 3. The van der Waals surface area contributed by atoms with Crippen molar-refractivity contribution < 1.29 is 17.2 Å². The van der Waals surface area contributed by atoms with Gasteiger partial charge in [-0.1, -0.05) is 33.6 Å². The molecule has 1 saturated heterocycles. The quantitative estimate of drug-likeness (QED) is 0.744. The molecule has 0 saturated carbocycles. The molecule has 1 heterocycles. The smallest absolute Gasteiger partial charge is 0.252 e. The number of sulfonamides is 1. The molecular weight excluding hydrogens is 380 g/mol. The number of allylic oxidation sites excluding steroid dienone is 2. The van der Waals surface area contributed by atoms with Crippen LogP contribution in [0.5, 0.6) is 0 Å². The molecule has 5 nitrogen and oxygen atoms in total. The summed E-state index contributed by atoms with van der Waals surface area (Å²) < 4.78 is 51.3. The first-order valence-electron chi connectivity index (χ1n) is 5.53. The number of hydrogen-bond donors (Lipinski definition) is 1. The Kier molecular flexibility index (Phi) is 4.53. The van der Waals surface area contributed by atoms with Crippen LogP contribution in [0.4, 0.5) is 8.78 Å². The molecular formula is C10H11BrClF2N3O2S. The highest BCUT2D eigenvalue weighted by atomic mass is 79.9. The first kappa shape index (κ1) is 15.9. The highest BCUT2D eigenvalue weighted by Gasteiger charge is 2.42. The van der Waals surface area contributed by atoms with E-state index in [1.165, 1.54) is 5.01 Å². The highest BCUT2D eigenvalue weighted by Crippen LogP contribution is 2.34. The van der Waals surface area contributed by atoms with Crippen LogP contribution in [0.15, 0.2) is 27.2 Å². The lowest BCUT2D eigenvalue weighted by atomic mass is 9.99. The summed E-state index contributed by atoms with van der Waals surface area (Å²) in [4.78, 5) is -0.279. The standard InChI is InChI=1S/C10H11BrClF2N3O2S/c1-20(18,19)16-10-8-6(12)3-2-5(11)9(8)17(15-10)4-7(13)14/h2-3,5,7,9H,4H2,1H3,(H,15,16). The van der Waals surface area contributed by atoms with Crippen LogP contribution in [0.25, 0.3) is 0 Å². The van der Waals surface area contributed by atoms with Crippen LogP contribution in [0.2, 0.25) is 0 Å². The van der Waals surface area contributed by atoms with Crippen LogP contribution in [0.1, 0.15) is 0 Å².